The fraction of sp³-hybridized carbons (Fsp3) is 0.250. The molecule has 0 aromatic carbocycles. The summed E-state index contributed by atoms with van der Waals surface area (Å²) in [6.07, 6.45) is 5.46. The van der Waals surface area contributed by atoms with Crippen molar-refractivity contribution in [3.05, 3.63) is 42.2 Å². The number of nitrogens with two attached hydrogens (primary N) is 1. The lowest BCUT2D eigenvalue weighted by Gasteiger charge is -2.30. The molecule has 0 saturated carbocycles. The van der Waals surface area contributed by atoms with Crippen LogP contribution in [-0.4, -0.2) is 51.7 Å². The summed E-state index contributed by atoms with van der Waals surface area (Å²) in [5, 5.41) is 10.1. The number of amides is 1. The summed E-state index contributed by atoms with van der Waals surface area (Å²) < 4.78 is 14.5. The molecule has 4 rings (SSSR count). The second-order valence-corrected chi connectivity index (χ2v) is 5.88. The highest BCUT2D eigenvalue weighted by atomic mass is 19.1. The molecule has 1 saturated heterocycles. The number of pyridine rings is 1. The van der Waals surface area contributed by atoms with E-state index in [0.29, 0.717) is 5.69 Å². The van der Waals surface area contributed by atoms with E-state index in [1.165, 1.54) is 0 Å². The van der Waals surface area contributed by atoms with E-state index in [1.807, 2.05) is 0 Å². The Bertz CT molecular complexity index is 966. The summed E-state index contributed by atoms with van der Waals surface area (Å²) in [4.78, 5) is 23.0. The van der Waals surface area contributed by atoms with E-state index in [9.17, 15) is 9.18 Å². The molecule has 0 atom stereocenters. The third-order valence-electron chi connectivity index (χ3n) is 4.20. The first-order valence-corrected chi connectivity index (χ1v) is 8.14. The summed E-state index contributed by atoms with van der Waals surface area (Å²) >= 11 is 0. The molecule has 10 heteroatoms. The maximum Gasteiger partial charge on any atom is 0.263 e. The minimum atomic E-state index is -0.568. The average Bonchev–Trinajstić information content (AvgIpc) is 2.97. The van der Waals surface area contributed by atoms with Gasteiger partial charge in [0.05, 0.1) is 30.0 Å². The summed E-state index contributed by atoms with van der Waals surface area (Å²) in [5.74, 6) is -1.04. The smallest absolute Gasteiger partial charge is 0.263 e. The second-order valence-electron chi connectivity index (χ2n) is 5.88. The zero-order chi connectivity index (χ0) is 18.1. The van der Waals surface area contributed by atoms with E-state index < -0.39 is 11.7 Å². The standard InChI is InChI=1S/C16H17FN8O/c17-10-7-21-15-13(14(18)23-25(15)9-10)16(26)22-11-1-2-20-8-12(11)24-5-3-19-4-6-24/h1-2,7-9,19H,3-6H2,(H2,18,23)(H,20,22,26). The van der Waals surface area contributed by atoms with E-state index >= 15 is 0 Å². The number of nitrogens with one attached hydrogen (secondary N) is 2. The third-order valence-corrected chi connectivity index (χ3v) is 4.20. The van der Waals surface area contributed by atoms with E-state index in [1.54, 1.807) is 18.5 Å². The molecule has 0 bridgehead atoms. The molecule has 3 aromatic heterocycles. The zero-order valence-corrected chi connectivity index (χ0v) is 13.8. The monoisotopic (exact) mass is 356 g/mol. The highest BCUT2D eigenvalue weighted by molar-refractivity contribution is 6.12. The first-order chi connectivity index (χ1) is 12.6. The predicted octanol–water partition coefficient (Wildman–Crippen LogP) is 0.507. The maximum atomic E-state index is 13.3. The minimum Gasteiger partial charge on any atom is -0.381 e. The lowest BCUT2D eigenvalue weighted by Crippen LogP contribution is -2.43. The van der Waals surface area contributed by atoms with Gasteiger partial charge < -0.3 is 21.3 Å². The number of hydrogen-bond donors (Lipinski definition) is 3. The molecule has 4 N–H and O–H groups in total. The molecule has 0 spiro atoms. The molecule has 134 valence electrons. The third kappa shape index (κ3) is 2.90. The van der Waals surface area contributed by atoms with Crippen molar-refractivity contribution < 1.29 is 9.18 Å². The molecule has 0 radical (unpaired) electrons. The number of anilines is 3. The summed E-state index contributed by atoms with van der Waals surface area (Å²) in [6, 6.07) is 1.73. The van der Waals surface area contributed by atoms with Crippen molar-refractivity contribution in [3.63, 3.8) is 0 Å². The lowest BCUT2D eigenvalue weighted by atomic mass is 10.2. The number of aromatic nitrogens is 4. The fourth-order valence-electron chi connectivity index (χ4n) is 2.98. The molecule has 0 aliphatic carbocycles. The van der Waals surface area contributed by atoms with E-state index in [2.05, 4.69) is 30.6 Å². The van der Waals surface area contributed by atoms with Crippen molar-refractivity contribution in [1.82, 2.24) is 24.9 Å². The van der Waals surface area contributed by atoms with Crippen LogP contribution in [0.1, 0.15) is 10.4 Å². The summed E-state index contributed by atoms with van der Waals surface area (Å²) in [6.45, 7) is 3.35. The van der Waals surface area contributed by atoms with Crippen molar-refractivity contribution in [1.29, 1.82) is 0 Å². The van der Waals surface area contributed by atoms with E-state index in [-0.39, 0.29) is 17.0 Å². The number of fused-ring (bicyclic) bond motifs is 1. The van der Waals surface area contributed by atoms with Gasteiger partial charge in [-0.3, -0.25) is 9.78 Å². The molecular weight excluding hydrogens is 339 g/mol. The Hall–Kier alpha value is -3.27. The number of rotatable bonds is 3. The molecule has 26 heavy (non-hydrogen) atoms. The highest BCUT2D eigenvalue weighted by Crippen LogP contribution is 2.26. The first kappa shape index (κ1) is 16.2. The molecule has 9 nitrogen and oxygen atoms in total. The first-order valence-electron chi connectivity index (χ1n) is 8.14. The normalized spacial score (nSPS) is 14.6. The quantitative estimate of drug-likeness (QED) is 0.626. The average molecular weight is 356 g/mol. The predicted molar refractivity (Wildman–Crippen MR) is 94.6 cm³/mol. The molecule has 1 aliphatic heterocycles. The maximum absolute atomic E-state index is 13.3. The number of piperazine rings is 1. The van der Waals surface area contributed by atoms with Gasteiger partial charge in [0, 0.05) is 32.4 Å². The highest BCUT2D eigenvalue weighted by Gasteiger charge is 2.22. The van der Waals surface area contributed by atoms with Gasteiger partial charge in [-0.15, -0.1) is 5.10 Å². The Morgan fingerprint density at radius 1 is 1.31 bits per heavy atom. The van der Waals surface area contributed by atoms with Crippen molar-refractivity contribution in [3.8, 4) is 0 Å². The van der Waals surface area contributed by atoms with Crippen LogP contribution in [0.3, 0.4) is 0 Å². The molecule has 1 aliphatic rings. The van der Waals surface area contributed by atoms with Crippen LogP contribution in [0, 0.1) is 5.82 Å². The van der Waals surface area contributed by atoms with Crippen molar-refractivity contribution in [2.45, 2.75) is 0 Å². The van der Waals surface area contributed by atoms with Crippen LogP contribution >= 0.6 is 0 Å². The number of hydrogen-bond acceptors (Lipinski definition) is 7. The SMILES string of the molecule is Nc1nn2cc(F)cnc2c1C(=O)Nc1ccncc1N1CCNCC1. The lowest BCUT2D eigenvalue weighted by molar-refractivity contribution is 0.102. The van der Waals surface area contributed by atoms with Crippen LogP contribution in [0.2, 0.25) is 0 Å². The summed E-state index contributed by atoms with van der Waals surface area (Å²) in [5.41, 5.74) is 7.60. The second kappa shape index (κ2) is 6.56. The summed E-state index contributed by atoms with van der Waals surface area (Å²) in [7, 11) is 0. The van der Waals surface area contributed by atoms with Gasteiger partial charge >= 0.3 is 0 Å². The van der Waals surface area contributed by atoms with Crippen LogP contribution in [-0.2, 0) is 0 Å². The van der Waals surface area contributed by atoms with Crippen molar-refractivity contribution in [2.75, 3.05) is 42.1 Å². The largest absolute Gasteiger partial charge is 0.381 e. The van der Waals surface area contributed by atoms with Crippen molar-refractivity contribution >= 4 is 28.7 Å². The Labute approximate surface area is 148 Å². The van der Waals surface area contributed by atoms with Gasteiger partial charge in [0.15, 0.2) is 17.3 Å². The fourth-order valence-corrected chi connectivity index (χ4v) is 2.98. The Morgan fingerprint density at radius 3 is 2.92 bits per heavy atom. The number of carbonyl (C=O) groups excluding carboxylic acids is 1. The van der Waals surface area contributed by atoms with Gasteiger partial charge in [0.25, 0.3) is 5.91 Å². The van der Waals surface area contributed by atoms with Crippen LogP contribution in [0.15, 0.2) is 30.9 Å². The van der Waals surface area contributed by atoms with Crippen LogP contribution in [0.4, 0.5) is 21.6 Å². The topological polar surface area (TPSA) is 113 Å². The zero-order valence-electron chi connectivity index (χ0n) is 13.8. The van der Waals surface area contributed by atoms with Crippen LogP contribution in [0.25, 0.3) is 5.65 Å². The van der Waals surface area contributed by atoms with Gasteiger partial charge in [-0.2, -0.15) is 0 Å². The molecule has 1 amide bonds. The van der Waals surface area contributed by atoms with Gasteiger partial charge in [0.1, 0.15) is 5.56 Å². The van der Waals surface area contributed by atoms with Crippen molar-refractivity contribution in [2.24, 2.45) is 0 Å². The Morgan fingerprint density at radius 2 is 2.12 bits per heavy atom. The Balaban J connectivity index is 1.66. The van der Waals surface area contributed by atoms with Gasteiger partial charge in [-0.1, -0.05) is 0 Å². The van der Waals surface area contributed by atoms with E-state index in [0.717, 1.165) is 48.8 Å². The number of nitrogen functional groups attached to an aromatic ring is 1. The molecule has 0 unspecified atom stereocenters. The molecular formula is C16H17FN8O. The molecule has 1 fully saturated rings. The van der Waals surface area contributed by atoms with Gasteiger partial charge in [0.2, 0.25) is 0 Å². The van der Waals surface area contributed by atoms with Crippen LogP contribution in [0.5, 0.6) is 0 Å². The molecule has 4 heterocycles. The van der Waals surface area contributed by atoms with E-state index in [4.69, 9.17) is 5.73 Å². The minimum absolute atomic E-state index is 0.0154. The Kier molecular flexibility index (Phi) is 4.09. The number of nitrogens with zero attached hydrogens (tertiary/aromatic N) is 5. The number of carbonyl (C=O) groups is 1. The molecule has 3 aromatic rings. The van der Waals surface area contributed by atoms with Crippen LogP contribution < -0.4 is 21.3 Å². The van der Waals surface area contributed by atoms with Gasteiger partial charge in [-0.25, -0.2) is 13.9 Å². The number of halogens is 1. The van der Waals surface area contributed by atoms with Gasteiger partial charge in [-0.05, 0) is 6.07 Å².